The fraction of sp³-hybridized carbons (Fsp3) is 0.0172. The lowest BCUT2D eigenvalue weighted by Gasteiger charge is -2.32. The summed E-state index contributed by atoms with van der Waals surface area (Å²) in [6.45, 7) is 0. The summed E-state index contributed by atoms with van der Waals surface area (Å²) in [4.78, 5) is 5.44. The van der Waals surface area contributed by atoms with Gasteiger partial charge >= 0.3 is 0 Å². The van der Waals surface area contributed by atoms with Crippen molar-refractivity contribution >= 4 is 43.2 Å². The van der Waals surface area contributed by atoms with Gasteiger partial charge in [0.05, 0.1) is 16.6 Å². The van der Waals surface area contributed by atoms with Gasteiger partial charge in [0, 0.05) is 16.5 Å². The molecule has 0 amide bonds. The Balaban J connectivity index is 1.05. The van der Waals surface area contributed by atoms with Crippen LogP contribution in [0.25, 0.3) is 99.0 Å². The van der Waals surface area contributed by atoms with E-state index in [1.54, 1.807) is 0 Å². The molecular formula is C58H35N. The highest BCUT2D eigenvalue weighted by Crippen LogP contribution is 2.65. The first-order valence-corrected chi connectivity index (χ1v) is 20.5. The number of benzene rings is 10. The lowest BCUT2D eigenvalue weighted by molar-refractivity contribution is 0.801. The maximum atomic E-state index is 5.44. The minimum Gasteiger partial charge on any atom is -0.247 e. The van der Waals surface area contributed by atoms with Crippen molar-refractivity contribution in [2.75, 3.05) is 0 Å². The largest absolute Gasteiger partial charge is 0.247 e. The topological polar surface area (TPSA) is 12.9 Å². The minimum absolute atomic E-state index is 0.528. The van der Waals surface area contributed by atoms with Gasteiger partial charge in [0.1, 0.15) is 0 Å². The van der Waals surface area contributed by atoms with E-state index in [2.05, 4.69) is 212 Å². The van der Waals surface area contributed by atoms with Gasteiger partial charge in [0.2, 0.25) is 0 Å². The van der Waals surface area contributed by atoms with Crippen LogP contribution in [-0.4, -0.2) is 4.98 Å². The molecule has 11 aromatic rings. The summed E-state index contributed by atoms with van der Waals surface area (Å²) in [5.41, 5.74) is 17.9. The van der Waals surface area contributed by atoms with Crippen molar-refractivity contribution in [3.05, 3.63) is 235 Å². The van der Waals surface area contributed by atoms with Gasteiger partial charge in [-0.2, -0.15) is 0 Å². The van der Waals surface area contributed by atoms with Gasteiger partial charge in [-0.25, -0.2) is 4.98 Å². The first-order valence-electron chi connectivity index (χ1n) is 20.5. The molecule has 0 fully saturated rings. The number of hydrogen-bond acceptors (Lipinski definition) is 1. The second-order valence-electron chi connectivity index (χ2n) is 16.1. The highest BCUT2D eigenvalue weighted by Gasteiger charge is 2.53. The van der Waals surface area contributed by atoms with Gasteiger partial charge in [0.15, 0.2) is 0 Å². The molecule has 0 saturated heterocycles. The van der Waals surface area contributed by atoms with Gasteiger partial charge in [-0.05, 0) is 118 Å². The standard InChI is InChI=1S/C58H35N/c1-2-15-36(16-3-1)57-55-48-24-9-12-27-52(48)58(56(55)49-25-10-13-28-54(49)59-57)51-26-11-8-23-46(51)47-32-30-40(35-53(47)58)38-18-14-17-37(33-38)39-29-31-45-43-21-5-4-19-41(43)42-20-6-7-22-44(42)50(45)34-39/h1-35H. The normalized spacial score (nSPS) is 14.8. The summed E-state index contributed by atoms with van der Waals surface area (Å²) in [6.07, 6.45) is 0. The van der Waals surface area contributed by atoms with Crippen molar-refractivity contribution in [3.8, 4) is 55.8 Å². The second-order valence-corrected chi connectivity index (χ2v) is 16.1. The van der Waals surface area contributed by atoms with E-state index in [-0.39, 0.29) is 0 Å². The molecule has 2 aliphatic carbocycles. The number of pyridine rings is 1. The molecule has 1 nitrogen and oxygen atoms in total. The van der Waals surface area contributed by atoms with Crippen LogP contribution in [0.5, 0.6) is 0 Å². The van der Waals surface area contributed by atoms with Gasteiger partial charge in [-0.15, -0.1) is 0 Å². The predicted molar refractivity (Wildman–Crippen MR) is 247 cm³/mol. The summed E-state index contributed by atoms with van der Waals surface area (Å²) in [5.74, 6) is 0. The first kappa shape index (κ1) is 32.5. The zero-order valence-corrected chi connectivity index (χ0v) is 32.2. The maximum absolute atomic E-state index is 5.44. The molecule has 1 heterocycles. The molecule has 1 heteroatoms. The number of para-hydroxylation sites is 1. The van der Waals surface area contributed by atoms with Crippen molar-refractivity contribution in [3.63, 3.8) is 0 Å². The molecule has 1 atom stereocenters. The molecule has 13 rings (SSSR count). The predicted octanol–water partition coefficient (Wildman–Crippen LogP) is 15.0. The van der Waals surface area contributed by atoms with Crippen molar-refractivity contribution in [1.82, 2.24) is 4.98 Å². The van der Waals surface area contributed by atoms with Crippen LogP contribution in [0.3, 0.4) is 0 Å². The van der Waals surface area contributed by atoms with E-state index < -0.39 is 5.41 Å². The van der Waals surface area contributed by atoms with Crippen LogP contribution in [0.15, 0.2) is 212 Å². The molecule has 0 N–H and O–H groups in total. The maximum Gasteiger partial charge on any atom is 0.0791 e. The molecule has 0 saturated carbocycles. The van der Waals surface area contributed by atoms with Gasteiger partial charge < -0.3 is 0 Å². The van der Waals surface area contributed by atoms with E-state index in [1.165, 1.54) is 104 Å². The number of aromatic nitrogens is 1. The molecule has 0 aliphatic heterocycles. The van der Waals surface area contributed by atoms with Crippen LogP contribution in [0.2, 0.25) is 0 Å². The van der Waals surface area contributed by atoms with E-state index in [4.69, 9.17) is 4.98 Å². The molecule has 10 aromatic carbocycles. The molecule has 59 heavy (non-hydrogen) atoms. The summed E-state index contributed by atoms with van der Waals surface area (Å²) in [5, 5.41) is 8.96. The third-order valence-electron chi connectivity index (χ3n) is 13.2. The summed E-state index contributed by atoms with van der Waals surface area (Å²) in [6, 6.07) is 78.6. The monoisotopic (exact) mass is 745 g/mol. The number of rotatable bonds is 3. The second kappa shape index (κ2) is 12.2. The SMILES string of the molecule is c1ccc(-c2nc3ccccc3c3c2-c2ccccc2C32c3ccccc3-c3ccc(-c4cccc(-c5ccc6c7ccccc7c7ccccc7c6c5)c4)cc32)cc1. The molecule has 2 aliphatic rings. The average molecular weight is 746 g/mol. The Morgan fingerprint density at radius 2 is 0.780 bits per heavy atom. The van der Waals surface area contributed by atoms with E-state index in [9.17, 15) is 0 Å². The molecule has 0 bridgehead atoms. The van der Waals surface area contributed by atoms with Gasteiger partial charge in [-0.3, -0.25) is 0 Å². The summed E-state index contributed by atoms with van der Waals surface area (Å²) < 4.78 is 0. The van der Waals surface area contributed by atoms with Crippen LogP contribution >= 0.6 is 0 Å². The van der Waals surface area contributed by atoms with Crippen LogP contribution < -0.4 is 0 Å². The third-order valence-corrected chi connectivity index (χ3v) is 13.2. The number of nitrogens with zero attached hydrogens (tertiary/aromatic N) is 1. The zero-order valence-electron chi connectivity index (χ0n) is 32.2. The number of fused-ring (bicyclic) bond motifs is 18. The van der Waals surface area contributed by atoms with Crippen molar-refractivity contribution in [2.45, 2.75) is 5.41 Å². The summed E-state index contributed by atoms with van der Waals surface area (Å²) in [7, 11) is 0. The Morgan fingerprint density at radius 3 is 1.51 bits per heavy atom. The van der Waals surface area contributed by atoms with E-state index >= 15 is 0 Å². The average Bonchev–Trinajstić information content (AvgIpc) is 3.79. The third kappa shape index (κ3) is 4.42. The molecule has 1 spiro atoms. The molecule has 1 aromatic heterocycles. The fourth-order valence-electron chi connectivity index (χ4n) is 10.8. The molecular weight excluding hydrogens is 711 g/mol. The Hall–Kier alpha value is -7.61. The Morgan fingerprint density at radius 1 is 0.288 bits per heavy atom. The van der Waals surface area contributed by atoms with Gasteiger partial charge in [0.25, 0.3) is 0 Å². The first-order chi connectivity index (χ1) is 29.3. The lowest BCUT2D eigenvalue weighted by Crippen LogP contribution is -2.26. The molecule has 0 radical (unpaired) electrons. The van der Waals surface area contributed by atoms with Gasteiger partial charge in [-0.1, -0.05) is 188 Å². The highest BCUT2D eigenvalue weighted by molar-refractivity contribution is 6.25. The van der Waals surface area contributed by atoms with Crippen molar-refractivity contribution in [2.24, 2.45) is 0 Å². The smallest absolute Gasteiger partial charge is 0.0791 e. The van der Waals surface area contributed by atoms with Crippen LogP contribution in [0, 0.1) is 0 Å². The zero-order chi connectivity index (χ0) is 38.7. The lowest BCUT2D eigenvalue weighted by atomic mass is 9.69. The molecule has 1 unspecified atom stereocenters. The van der Waals surface area contributed by atoms with Crippen molar-refractivity contribution in [1.29, 1.82) is 0 Å². The van der Waals surface area contributed by atoms with E-state index in [0.717, 1.165) is 16.8 Å². The van der Waals surface area contributed by atoms with Crippen LogP contribution in [-0.2, 0) is 5.41 Å². The Kier molecular flexibility index (Phi) is 6.71. The van der Waals surface area contributed by atoms with Crippen molar-refractivity contribution < 1.29 is 0 Å². The number of hydrogen-bond donors (Lipinski definition) is 0. The Bertz CT molecular complexity index is 3520. The van der Waals surface area contributed by atoms with Crippen LogP contribution in [0.4, 0.5) is 0 Å². The minimum atomic E-state index is -0.528. The summed E-state index contributed by atoms with van der Waals surface area (Å²) >= 11 is 0. The van der Waals surface area contributed by atoms with E-state index in [0.29, 0.717) is 0 Å². The van der Waals surface area contributed by atoms with Crippen LogP contribution in [0.1, 0.15) is 22.3 Å². The highest BCUT2D eigenvalue weighted by atomic mass is 14.7. The Labute approximate surface area is 342 Å². The quantitative estimate of drug-likeness (QED) is 0.164. The van der Waals surface area contributed by atoms with E-state index in [1.807, 2.05) is 0 Å². The molecule has 272 valence electrons. The fourth-order valence-corrected chi connectivity index (χ4v) is 10.8.